The maximum atomic E-state index is 13.0. The van der Waals surface area contributed by atoms with E-state index in [-0.39, 0.29) is 6.16 Å². The van der Waals surface area contributed by atoms with Gasteiger partial charge in [0.05, 0.1) is 12.8 Å². The lowest BCUT2D eigenvalue weighted by Crippen LogP contribution is -2.25. The van der Waals surface area contributed by atoms with Crippen molar-refractivity contribution in [3.05, 3.63) is 30.3 Å². The Kier molecular flexibility index (Phi) is 7.32. The molecule has 0 radical (unpaired) electrons. The Hall–Kier alpha value is -0.670. The molecule has 1 aromatic rings. The molecule has 1 rings (SSSR count). The number of hydrogen-bond acceptors (Lipinski definition) is 4. The Morgan fingerprint density at radius 1 is 1.00 bits per heavy atom. The average Bonchev–Trinajstić information content (AvgIpc) is 2.40. The molecule has 5 heteroatoms. The second kappa shape index (κ2) is 8.49. The number of ether oxygens (including phenoxy) is 2. The summed E-state index contributed by atoms with van der Waals surface area (Å²) >= 11 is 0. The maximum absolute atomic E-state index is 13.0. The summed E-state index contributed by atoms with van der Waals surface area (Å²) in [6.45, 7) is 7.06. The molecule has 0 aliphatic rings. The molecular weight excluding hydrogens is 263 g/mol. The molecule has 19 heavy (non-hydrogen) atoms. The first-order chi connectivity index (χ1) is 9.16. The van der Waals surface area contributed by atoms with E-state index in [0.29, 0.717) is 25.1 Å². The van der Waals surface area contributed by atoms with Crippen LogP contribution in [0, 0.1) is 0 Å². The fourth-order valence-corrected chi connectivity index (χ4v) is 3.93. The zero-order valence-corrected chi connectivity index (χ0v) is 12.8. The van der Waals surface area contributed by atoms with Gasteiger partial charge < -0.3 is 14.0 Å². The van der Waals surface area contributed by atoms with Crippen molar-refractivity contribution in [3.8, 4) is 0 Å². The Morgan fingerprint density at radius 3 is 2.05 bits per heavy atom. The summed E-state index contributed by atoms with van der Waals surface area (Å²) in [5.74, 6) is 0. The van der Waals surface area contributed by atoms with E-state index in [1.807, 2.05) is 51.1 Å². The van der Waals surface area contributed by atoms with Crippen LogP contribution in [0.3, 0.4) is 0 Å². The molecule has 0 N–H and O–H groups in total. The topological polar surface area (TPSA) is 44.8 Å². The van der Waals surface area contributed by atoms with Crippen molar-refractivity contribution in [1.82, 2.24) is 0 Å². The first kappa shape index (κ1) is 16.4. The Labute approximate surface area is 115 Å². The van der Waals surface area contributed by atoms with Gasteiger partial charge in [-0.2, -0.15) is 0 Å². The van der Waals surface area contributed by atoms with Gasteiger partial charge in [-0.25, -0.2) is 0 Å². The van der Waals surface area contributed by atoms with Crippen molar-refractivity contribution in [3.63, 3.8) is 0 Å². The van der Waals surface area contributed by atoms with Crippen molar-refractivity contribution in [2.45, 2.75) is 27.1 Å². The van der Waals surface area contributed by atoms with Gasteiger partial charge in [0.25, 0.3) is 0 Å². The van der Waals surface area contributed by atoms with Crippen molar-refractivity contribution < 1.29 is 18.6 Å². The summed E-state index contributed by atoms with van der Waals surface area (Å²) in [6.07, 6.45) is -0.250. The predicted octanol–water partition coefficient (Wildman–Crippen LogP) is 3.03. The number of benzene rings is 1. The Bertz CT molecular complexity index is 388. The van der Waals surface area contributed by atoms with Crippen LogP contribution in [0.1, 0.15) is 20.8 Å². The van der Waals surface area contributed by atoms with Gasteiger partial charge in [0.2, 0.25) is 7.37 Å². The monoisotopic (exact) mass is 286 g/mol. The first-order valence-electron chi connectivity index (χ1n) is 6.68. The quantitative estimate of drug-likeness (QED) is 0.517. The van der Waals surface area contributed by atoms with Gasteiger partial charge in [-0.1, -0.05) is 18.2 Å². The van der Waals surface area contributed by atoms with Crippen LogP contribution in [0.2, 0.25) is 0 Å². The average molecular weight is 286 g/mol. The molecule has 0 bridgehead atoms. The molecule has 108 valence electrons. The van der Waals surface area contributed by atoms with E-state index in [4.69, 9.17) is 14.0 Å². The smallest absolute Gasteiger partial charge is 0.237 e. The minimum Gasteiger partial charge on any atom is -0.352 e. The van der Waals surface area contributed by atoms with E-state index in [1.54, 1.807) is 0 Å². The van der Waals surface area contributed by atoms with E-state index in [1.165, 1.54) is 0 Å². The molecule has 0 spiro atoms. The molecule has 0 aliphatic carbocycles. The minimum atomic E-state index is -2.94. The second-order valence-electron chi connectivity index (χ2n) is 3.95. The molecule has 0 amide bonds. The lowest BCUT2D eigenvalue weighted by Gasteiger charge is -2.23. The highest BCUT2D eigenvalue weighted by Crippen LogP contribution is 2.46. The fraction of sp³-hybridized carbons (Fsp3) is 0.571. The summed E-state index contributed by atoms with van der Waals surface area (Å²) in [7, 11) is -2.94. The van der Waals surface area contributed by atoms with Gasteiger partial charge in [-0.15, -0.1) is 0 Å². The van der Waals surface area contributed by atoms with E-state index in [2.05, 4.69) is 0 Å². The SMILES string of the molecule is CCOC(C[P@@](=O)(OCC)c1ccccc1)OCC. The highest BCUT2D eigenvalue weighted by molar-refractivity contribution is 7.67. The zero-order valence-electron chi connectivity index (χ0n) is 11.9. The van der Waals surface area contributed by atoms with Crippen molar-refractivity contribution in [2.24, 2.45) is 0 Å². The first-order valence-corrected chi connectivity index (χ1v) is 8.49. The zero-order chi connectivity index (χ0) is 14.1. The van der Waals surface area contributed by atoms with Crippen molar-refractivity contribution in [2.75, 3.05) is 26.0 Å². The van der Waals surface area contributed by atoms with Gasteiger partial charge >= 0.3 is 0 Å². The minimum absolute atomic E-state index is 0.243. The van der Waals surface area contributed by atoms with E-state index < -0.39 is 13.7 Å². The van der Waals surface area contributed by atoms with Crippen LogP contribution in [-0.2, 0) is 18.6 Å². The third kappa shape index (κ3) is 5.07. The second-order valence-corrected chi connectivity index (χ2v) is 6.44. The lowest BCUT2D eigenvalue weighted by molar-refractivity contribution is -0.121. The van der Waals surface area contributed by atoms with Gasteiger partial charge in [-0.3, -0.25) is 4.57 Å². The fourth-order valence-electron chi connectivity index (χ4n) is 1.82. The van der Waals surface area contributed by atoms with Crippen LogP contribution in [0.25, 0.3) is 0 Å². The van der Waals surface area contributed by atoms with Crippen LogP contribution in [0.5, 0.6) is 0 Å². The standard InChI is InChI=1S/C14H23O4P/c1-4-16-14(17-5-2)12-19(15,18-6-3)13-10-8-7-9-11-13/h7-11,14H,4-6,12H2,1-3H3/t19-/m1/s1. The number of rotatable bonds is 9. The van der Waals surface area contributed by atoms with E-state index in [0.717, 1.165) is 0 Å². The molecule has 1 aromatic carbocycles. The van der Waals surface area contributed by atoms with E-state index in [9.17, 15) is 4.57 Å². The molecule has 0 aromatic heterocycles. The lowest BCUT2D eigenvalue weighted by atomic mass is 10.4. The molecular formula is C14H23O4P. The van der Waals surface area contributed by atoms with Crippen LogP contribution in [0.15, 0.2) is 30.3 Å². The highest BCUT2D eigenvalue weighted by atomic mass is 31.2. The molecule has 0 fully saturated rings. The maximum Gasteiger partial charge on any atom is 0.237 e. The third-order valence-electron chi connectivity index (χ3n) is 2.58. The Balaban J connectivity index is 2.89. The van der Waals surface area contributed by atoms with Crippen molar-refractivity contribution >= 4 is 12.7 Å². The largest absolute Gasteiger partial charge is 0.352 e. The van der Waals surface area contributed by atoms with Gasteiger partial charge in [0.15, 0.2) is 6.29 Å². The van der Waals surface area contributed by atoms with Crippen LogP contribution in [0.4, 0.5) is 0 Å². The Morgan fingerprint density at radius 2 is 1.58 bits per heavy atom. The van der Waals surface area contributed by atoms with Gasteiger partial charge in [-0.05, 0) is 32.9 Å². The highest BCUT2D eigenvalue weighted by Gasteiger charge is 2.30. The molecule has 0 saturated carbocycles. The summed E-state index contributed by atoms with van der Waals surface area (Å²) in [4.78, 5) is 0. The van der Waals surface area contributed by atoms with Crippen LogP contribution >= 0.6 is 7.37 Å². The van der Waals surface area contributed by atoms with Gasteiger partial charge in [0.1, 0.15) is 0 Å². The molecule has 0 heterocycles. The summed E-state index contributed by atoms with van der Waals surface area (Å²) in [5, 5.41) is 0.709. The van der Waals surface area contributed by atoms with Crippen molar-refractivity contribution in [1.29, 1.82) is 0 Å². The van der Waals surface area contributed by atoms with Crippen LogP contribution < -0.4 is 5.30 Å². The third-order valence-corrected chi connectivity index (χ3v) is 5.12. The normalized spacial score (nSPS) is 14.5. The molecule has 4 nitrogen and oxygen atoms in total. The molecule has 0 unspecified atom stereocenters. The summed E-state index contributed by atoms with van der Waals surface area (Å²) in [6, 6.07) is 9.26. The van der Waals surface area contributed by atoms with Gasteiger partial charge in [0, 0.05) is 18.5 Å². The summed E-state index contributed by atoms with van der Waals surface area (Å²) < 4.78 is 29.5. The van der Waals surface area contributed by atoms with Crippen LogP contribution in [-0.4, -0.2) is 32.3 Å². The molecule has 1 atom stereocenters. The van der Waals surface area contributed by atoms with E-state index >= 15 is 0 Å². The molecule has 0 saturated heterocycles. The molecule has 0 aliphatic heterocycles. The number of hydrogen-bond donors (Lipinski definition) is 0. The summed E-state index contributed by atoms with van der Waals surface area (Å²) in [5.41, 5.74) is 0. The predicted molar refractivity (Wildman–Crippen MR) is 77.2 cm³/mol.